The first-order valence-electron chi connectivity index (χ1n) is 6.40. The highest BCUT2D eigenvalue weighted by molar-refractivity contribution is 5.78. The molecule has 0 aromatic heterocycles. The van der Waals surface area contributed by atoms with Crippen molar-refractivity contribution in [2.45, 2.75) is 19.6 Å². The van der Waals surface area contributed by atoms with Gasteiger partial charge < -0.3 is 15.5 Å². The summed E-state index contributed by atoms with van der Waals surface area (Å²) in [7, 11) is 0. The number of aliphatic hydroxyl groups is 1. The Kier molecular flexibility index (Phi) is 4.74. The molecule has 0 fully saturated rings. The van der Waals surface area contributed by atoms with E-state index in [9.17, 15) is 4.79 Å². The van der Waals surface area contributed by atoms with E-state index in [0.29, 0.717) is 6.54 Å². The number of hydrogen-bond donors (Lipinski definition) is 3. The fourth-order valence-electron chi connectivity index (χ4n) is 1.82. The van der Waals surface area contributed by atoms with Crippen LogP contribution in [0.5, 0.6) is 5.75 Å². The van der Waals surface area contributed by atoms with Crippen LogP contribution in [0.1, 0.15) is 16.7 Å². The third-order valence-electron chi connectivity index (χ3n) is 3.00. The third kappa shape index (κ3) is 4.10. The molecule has 0 bridgehead atoms. The smallest absolute Gasteiger partial charge is 0.224 e. The van der Waals surface area contributed by atoms with Crippen LogP contribution in [0.3, 0.4) is 0 Å². The van der Waals surface area contributed by atoms with E-state index in [4.69, 9.17) is 10.2 Å². The van der Waals surface area contributed by atoms with Gasteiger partial charge in [0, 0.05) is 6.54 Å². The summed E-state index contributed by atoms with van der Waals surface area (Å²) in [6, 6.07) is 14.0. The Morgan fingerprint density at radius 1 is 0.900 bits per heavy atom. The van der Waals surface area contributed by atoms with Gasteiger partial charge >= 0.3 is 0 Å². The third-order valence-corrected chi connectivity index (χ3v) is 3.00. The fraction of sp³-hybridized carbons (Fsp3) is 0.188. The Morgan fingerprint density at radius 2 is 1.45 bits per heavy atom. The van der Waals surface area contributed by atoms with Gasteiger partial charge in [-0.25, -0.2) is 0 Å². The number of phenolic OH excluding ortho intramolecular Hbond substituents is 1. The number of carbonyl (C=O) groups excluding carboxylic acids is 1. The molecule has 104 valence electrons. The number of nitrogens with one attached hydrogen (secondary N) is 1. The van der Waals surface area contributed by atoms with Crippen molar-refractivity contribution in [3.63, 3.8) is 0 Å². The average molecular weight is 271 g/mol. The number of carbonyl (C=O) groups is 1. The number of benzene rings is 2. The van der Waals surface area contributed by atoms with Crippen molar-refractivity contribution in [1.82, 2.24) is 5.32 Å². The van der Waals surface area contributed by atoms with Crippen molar-refractivity contribution in [2.24, 2.45) is 0 Å². The quantitative estimate of drug-likeness (QED) is 0.776. The Labute approximate surface area is 117 Å². The van der Waals surface area contributed by atoms with Crippen molar-refractivity contribution in [2.75, 3.05) is 0 Å². The zero-order valence-corrected chi connectivity index (χ0v) is 11.0. The fourth-order valence-corrected chi connectivity index (χ4v) is 1.82. The zero-order valence-electron chi connectivity index (χ0n) is 11.0. The molecule has 0 aliphatic heterocycles. The van der Waals surface area contributed by atoms with E-state index in [1.807, 2.05) is 24.3 Å². The molecule has 0 heterocycles. The maximum absolute atomic E-state index is 11.8. The molecule has 0 saturated heterocycles. The molecule has 0 spiro atoms. The summed E-state index contributed by atoms with van der Waals surface area (Å²) >= 11 is 0. The second-order valence-electron chi connectivity index (χ2n) is 4.59. The molecular formula is C16H17NO3. The van der Waals surface area contributed by atoms with Crippen molar-refractivity contribution >= 4 is 5.91 Å². The van der Waals surface area contributed by atoms with Crippen LogP contribution in [0, 0.1) is 0 Å². The van der Waals surface area contributed by atoms with E-state index < -0.39 is 0 Å². The summed E-state index contributed by atoms with van der Waals surface area (Å²) < 4.78 is 0. The van der Waals surface area contributed by atoms with Gasteiger partial charge in [-0.05, 0) is 28.8 Å². The number of amides is 1. The van der Waals surface area contributed by atoms with E-state index in [2.05, 4.69) is 5.32 Å². The largest absolute Gasteiger partial charge is 0.508 e. The molecular weight excluding hydrogens is 254 g/mol. The highest BCUT2D eigenvalue weighted by Gasteiger charge is 2.03. The summed E-state index contributed by atoms with van der Waals surface area (Å²) in [5, 5.41) is 20.9. The monoisotopic (exact) mass is 271 g/mol. The Balaban J connectivity index is 1.83. The minimum absolute atomic E-state index is 0.0213. The van der Waals surface area contributed by atoms with Crippen LogP contribution in [0.25, 0.3) is 0 Å². The van der Waals surface area contributed by atoms with Crippen LogP contribution in [0.4, 0.5) is 0 Å². The molecule has 0 radical (unpaired) electrons. The standard InChI is InChI=1S/C16H17NO3/c18-11-14-3-1-13(2-4-14)10-17-16(20)9-12-5-7-15(19)8-6-12/h1-8,18-19H,9-11H2,(H,17,20). The second kappa shape index (κ2) is 6.73. The number of hydrogen-bond acceptors (Lipinski definition) is 3. The summed E-state index contributed by atoms with van der Waals surface area (Å²) in [6.45, 7) is 0.482. The predicted octanol–water partition coefficient (Wildman–Crippen LogP) is 1.74. The highest BCUT2D eigenvalue weighted by Crippen LogP contribution is 2.10. The molecule has 3 N–H and O–H groups in total. The van der Waals surface area contributed by atoms with Crippen LogP contribution in [-0.2, 0) is 24.4 Å². The zero-order chi connectivity index (χ0) is 14.4. The molecule has 4 heteroatoms. The lowest BCUT2D eigenvalue weighted by molar-refractivity contribution is -0.120. The molecule has 0 atom stereocenters. The number of rotatable bonds is 5. The van der Waals surface area contributed by atoms with Gasteiger partial charge in [-0.2, -0.15) is 0 Å². The van der Waals surface area contributed by atoms with E-state index in [1.165, 1.54) is 0 Å². The first-order valence-corrected chi connectivity index (χ1v) is 6.40. The van der Waals surface area contributed by atoms with Gasteiger partial charge in [-0.3, -0.25) is 4.79 Å². The van der Waals surface area contributed by atoms with Crippen LogP contribution in [0.2, 0.25) is 0 Å². The van der Waals surface area contributed by atoms with Crippen molar-refractivity contribution in [3.8, 4) is 5.75 Å². The van der Waals surface area contributed by atoms with Gasteiger partial charge in [-0.1, -0.05) is 36.4 Å². The van der Waals surface area contributed by atoms with Crippen molar-refractivity contribution in [1.29, 1.82) is 0 Å². The first-order chi connectivity index (χ1) is 9.67. The van der Waals surface area contributed by atoms with Gasteiger partial charge in [0.2, 0.25) is 5.91 Å². The van der Waals surface area contributed by atoms with Gasteiger partial charge in [0.1, 0.15) is 5.75 Å². The molecule has 20 heavy (non-hydrogen) atoms. The molecule has 4 nitrogen and oxygen atoms in total. The molecule has 2 aromatic rings. The highest BCUT2D eigenvalue weighted by atomic mass is 16.3. The maximum Gasteiger partial charge on any atom is 0.224 e. The van der Waals surface area contributed by atoms with Crippen LogP contribution in [-0.4, -0.2) is 16.1 Å². The Morgan fingerprint density at radius 3 is 2.05 bits per heavy atom. The lowest BCUT2D eigenvalue weighted by Crippen LogP contribution is -2.24. The maximum atomic E-state index is 11.8. The molecule has 2 aromatic carbocycles. The van der Waals surface area contributed by atoms with Gasteiger partial charge in [0.05, 0.1) is 13.0 Å². The number of aliphatic hydroxyl groups excluding tert-OH is 1. The average Bonchev–Trinajstić information content (AvgIpc) is 2.48. The summed E-state index contributed by atoms with van der Waals surface area (Å²) in [5.74, 6) is 0.125. The lowest BCUT2D eigenvalue weighted by atomic mass is 10.1. The van der Waals surface area contributed by atoms with Crippen molar-refractivity contribution in [3.05, 3.63) is 65.2 Å². The van der Waals surface area contributed by atoms with Crippen molar-refractivity contribution < 1.29 is 15.0 Å². The Bertz CT molecular complexity index is 561. The predicted molar refractivity (Wildman–Crippen MR) is 76.0 cm³/mol. The first kappa shape index (κ1) is 14.1. The summed E-state index contributed by atoms with van der Waals surface area (Å²) in [5.41, 5.74) is 2.70. The summed E-state index contributed by atoms with van der Waals surface area (Å²) in [4.78, 5) is 11.8. The molecule has 0 saturated carbocycles. The van der Waals surface area contributed by atoms with Gasteiger partial charge in [-0.15, -0.1) is 0 Å². The molecule has 0 aliphatic carbocycles. The Hall–Kier alpha value is -2.33. The minimum Gasteiger partial charge on any atom is -0.508 e. The van der Waals surface area contributed by atoms with Crippen LogP contribution >= 0.6 is 0 Å². The van der Waals surface area contributed by atoms with E-state index in [-0.39, 0.29) is 24.7 Å². The van der Waals surface area contributed by atoms with E-state index in [1.54, 1.807) is 24.3 Å². The number of phenols is 1. The molecule has 2 rings (SSSR count). The van der Waals surface area contributed by atoms with E-state index in [0.717, 1.165) is 16.7 Å². The molecule has 0 aliphatic rings. The summed E-state index contributed by atoms with van der Waals surface area (Å²) in [6.07, 6.45) is 0.287. The molecule has 1 amide bonds. The van der Waals surface area contributed by atoms with Gasteiger partial charge in [0.25, 0.3) is 0 Å². The topological polar surface area (TPSA) is 69.6 Å². The number of aromatic hydroxyl groups is 1. The van der Waals surface area contributed by atoms with Crippen LogP contribution < -0.4 is 5.32 Å². The molecule has 0 unspecified atom stereocenters. The van der Waals surface area contributed by atoms with Gasteiger partial charge in [0.15, 0.2) is 0 Å². The SMILES string of the molecule is O=C(Cc1ccc(O)cc1)NCc1ccc(CO)cc1. The lowest BCUT2D eigenvalue weighted by Gasteiger charge is -2.06. The second-order valence-corrected chi connectivity index (χ2v) is 4.59. The van der Waals surface area contributed by atoms with Crippen LogP contribution in [0.15, 0.2) is 48.5 Å². The minimum atomic E-state index is -0.0677. The normalized spacial score (nSPS) is 10.2. The van der Waals surface area contributed by atoms with E-state index >= 15 is 0 Å².